The first-order valence-electron chi connectivity index (χ1n) is 6.38. The molecule has 0 spiro atoms. The number of aromatic nitrogens is 2. The highest BCUT2D eigenvalue weighted by atomic mass is 15.3. The topological polar surface area (TPSA) is 41.0 Å². The smallest absolute Gasteiger partial charge is 0.151 e. The normalized spacial score (nSPS) is 27.8. The lowest BCUT2D eigenvalue weighted by atomic mass is 9.92. The molecule has 0 saturated carbocycles. The van der Waals surface area contributed by atoms with E-state index in [4.69, 9.17) is 0 Å². The summed E-state index contributed by atoms with van der Waals surface area (Å²) in [5.41, 5.74) is 1.14. The minimum atomic E-state index is 0.0805. The summed E-state index contributed by atoms with van der Waals surface area (Å²) in [4.78, 5) is 2.39. The van der Waals surface area contributed by atoms with E-state index >= 15 is 0 Å². The first kappa shape index (κ1) is 11.0. The van der Waals surface area contributed by atoms with Crippen molar-refractivity contribution in [1.29, 1.82) is 0 Å². The molecular weight excluding hydrogens is 212 g/mol. The molecule has 17 heavy (non-hydrogen) atoms. The molecule has 0 radical (unpaired) electrons. The highest BCUT2D eigenvalue weighted by molar-refractivity contribution is 5.43. The third kappa shape index (κ3) is 1.90. The molecule has 3 rings (SSSR count). The quantitative estimate of drug-likeness (QED) is 0.793. The molecule has 2 fully saturated rings. The van der Waals surface area contributed by atoms with Crippen molar-refractivity contribution in [3.05, 3.63) is 17.8 Å². The molecule has 2 bridgehead atoms. The molecule has 1 N–H and O–H groups in total. The van der Waals surface area contributed by atoms with Gasteiger partial charge in [-0.05, 0) is 18.6 Å². The zero-order chi connectivity index (χ0) is 12.0. The zero-order valence-corrected chi connectivity index (χ0v) is 10.8. The van der Waals surface area contributed by atoms with Crippen LogP contribution in [-0.4, -0.2) is 35.4 Å². The van der Waals surface area contributed by atoms with Gasteiger partial charge in [-0.1, -0.05) is 20.8 Å². The van der Waals surface area contributed by atoms with Gasteiger partial charge in [0.2, 0.25) is 0 Å². The molecule has 0 amide bonds. The van der Waals surface area contributed by atoms with Crippen molar-refractivity contribution in [2.24, 2.45) is 0 Å². The molecule has 0 aromatic carbocycles. The van der Waals surface area contributed by atoms with E-state index in [1.54, 1.807) is 0 Å². The molecule has 2 aliphatic rings. The minimum Gasteiger partial charge on any atom is -0.349 e. The number of nitrogens with one attached hydrogen (secondary N) is 1. The molecule has 3 heterocycles. The molecule has 2 atom stereocenters. The number of hydrogen-bond acceptors (Lipinski definition) is 4. The maximum Gasteiger partial charge on any atom is 0.151 e. The summed E-state index contributed by atoms with van der Waals surface area (Å²) in [5.74, 6) is 1.03. The fourth-order valence-electron chi connectivity index (χ4n) is 2.72. The Bertz CT molecular complexity index is 406. The number of rotatable bonds is 1. The highest BCUT2D eigenvalue weighted by Gasteiger charge is 2.38. The van der Waals surface area contributed by atoms with Crippen molar-refractivity contribution in [3.8, 4) is 0 Å². The van der Waals surface area contributed by atoms with E-state index in [0.717, 1.165) is 24.6 Å². The second-order valence-corrected chi connectivity index (χ2v) is 6.17. The standard InChI is InChI=1S/C13H20N4/c1-13(2,3)11-4-5-12(16-15-11)17-8-9-6-10(17)7-14-9/h4-5,9-10,14H,6-8H2,1-3H3/t9-,10-/m1/s1. The minimum absolute atomic E-state index is 0.0805. The summed E-state index contributed by atoms with van der Waals surface area (Å²) in [6.07, 6.45) is 1.25. The number of anilines is 1. The number of piperazine rings is 1. The van der Waals surface area contributed by atoms with Gasteiger partial charge in [-0.2, -0.15) is 5.10 Å². The number of hydrogen-bond donors (Lipinski definition) is 1. The first-order valence-corrected chi connectivity index (χ1v) is 6.38. The Morgan fingerprint density at radius 2 is 2.12 bits per heavy atom. The molecule has 1 aromatic rings. The first-order chi connectivity index (χ1) is 8.04. The van der Waals surface area contributed by atoms with Crippen molar-refractivity contribution in [2.45, 2.75) is 44.7 Å². The molecule has 4 nitrogen and oxygen atoms in total. The van der Waals surface area contributed by atoms with Gasteiger partial charge in [-0.25, -0.2) is 0 Å². The molecule has 0 unspecified atom stereocenters. The second kappa shape index (κ2) is 3.67. The third-order valence-electron chi connectivity index (χ3n) is 3.77. The monoisotopic (exact) mass is 232 g/mol. The summed E-state index contributed by atoms with van der Waals surface area (Å²) in [5, 5.41) is 12.3. The van der Waals surface area contributed by atoms with Crippen LogP contribution in [0, 0.1) is 0 Å². The SMILES string of the molecule is CC(C)(C)c1ccc(N2C[C@H]3C[C@@H]2CN3)nn1. The molecule has 4 heteroatoms. The number of fused-ring (bicyclic) bond motifs is 2. The Labute approximate surface area is 102 Å². The average Bonchev–Trinajstić information content (AvgIpc) is 2.89. The predicted molar refractivity (Wildman–Crippen MR) is 68.3 cm³/mol. The Morgan fingerprint density at radius 3 is 2.59 bits per heavy atom. The van der Waals surface area contributed by atoms with Crippen molar-refractivity contribution < 1.29 is 0 Å². The molecule has 1 aromatic heterocycles. The third-order valence-corrected chi connectivity index (χ3v) is 3.77. The van der Waals surface area contributed by atoms with Crippen molar-refractivity contribution in [2.75, 3.05) is 18.0 Å². The van der Waals surface area contributed by atoms with E-state index in [2.05, 4.69) is 53.3 Å². The van der Waals surface area contributed by atoms with Crippen LogP contribution in [0.1, 0.15) is 32.9 Å². The molecule has 2 aliphatic heterocycles. The van der Waals surface area contributed by atoms with Crippen LogP contribution in [0.15, 0.2) is 12.1 Å². The second-order valence-electron chi connectivity index (χ2n) is 6.17. The summed E-state index contributed by atoms with van der Waals surface area (Å²) >= 11 is 0. The maximum atomic E-state index is 4.39. The van der Waals surface area contributed by atoms with Gasteiger partial charge in [0, 0.05) is 30.6 Å². The highest BCUT2D eigenvalue weighted by Crippen LogP contribution is 2.28. The van der Waals surface area contributed by atoms with Gasteiger partial charge in [0.15, 0.2) is 5.82 Å². The summed E-state index contributed by atoms with van der Waals surface area (Å²) in [6, 6.07) is 5.51. The summed E-state index contributed by atoms with van der Waals surface area (Å²) < 4.78 is 0. The van der Waals surface area contributed by atoms with Crippen LogP contribution in [0.3, 0.4) is 0 Å². The lowest BCUT2D eigenvalue weighted by Gasteiger charge is -2.28. The van der Waals surface area contributed by atoms with Gasteiger partial charge in [-0.3, -0.25) is 0 Å². The van der Waals surface area contributed by atoms with E-state index < -0.39 is 0 Å². The summed E-state index contributed by atoms with van der Waals surface area (Å²) in [7, 11) is 0. The van der Waals surface area contributed by atoms with E-state index in [9.17, 15) is 0 Å². The Hall–Kier alpha value is -1.16. The Balaban J connectivity index is 1.81. The van der Waals surface area contributed by atoms with Crippen LogP contribution in [0.4, 0.5) is 5.82 Å². The van der Waals surface area contributed by atoms with Crippen LogP contribution < -0.4 is 10.2 Å². The Morgan fingerprint density at radius 1 is 1.29 bits per heavy atom. The van der Waals surface area contributed by atoms with Crippen molar-refractivity contribution in [3.63, 3.8) is 0 Å². The zero-order valence-electron chi connectivity index (χ0n) is 10.8. The lowest BCUT2D eigenvalue weighted by molar-refractivity contribution is 0.550. The van der Waals surface area contributed by atoms with Crippen LogP contribution in [-0.2, 0) is 5.41 Å². The molecular formula is C13H20N4. The van der Waals surface area contributed by atoms with E-state index in [1.165, 1.54) is 6.42 Å². The Kier molecular flexibility index (Phi) is 2.36. The van der Waals surface area contributed by atoms with E-state index in [1.807, 2.05) is 0 Å². The predicted octanol–water partition coefficient (Wildman–Crippen LogP) is 1.32. The van der Waals surface area contributed by atoms with Crippen LogP contribution in [0.5, 0.6) is 0 Å². The van der Waals surface area contributed by atoms with Gasteiger partial charge in [0.05, 0.1) is 5.69 Å². The van der Waals surface area contributed by atoms with Gasteiger partial charge in [0.1, 0.15) is 0 Å². The summed E-state index contributed by atoms with van der Waals surface area (Å²) in [6.45, 7) is 8.66. The van der Waals surface area contributed by atoms with Crippen LogP contribution in [0.2, 0.25) is 0 Å². The van der Waals surface area contributed by atoms with Gasteiger partial charge >= 0.3 is 0 Å². The average molecular weight is 232 g/mol. The van der Waals surface area contributed by atoms with Crippen molar-refractivity contribution >= 4 is 5.82 Å². The van der Waals surface area contributed by atoms with E-state index in [-0.39, 0.29) is 5.41 Å². The molecule has 0 aliphatic carbocycles. The fourth-order valence-corrected chi connectivity index (χ4v) is 2.72. The molecule has 2 saturated heterocycles. The van der Waals surface area contributed by atoms with Gasteiger partial charge in [-0.15, -0.1) is 5.10 Å². The molecule has 92 valence electrons. The van der Waals surface area contributed by atoms with Crippen LogP contribution in [0.25, 0.3) is 0 Å². The van der Waals surface area contributed by atoms with Crippen molar-refractivity contribution in [1.82, 2.24) is 15.5 Å². The van der Waals surface area contributed by atoms with Gasteiger partial charge < -0.3 is 10.2 Å². The van der Waals surface area contributed by atoms with E-state index in [0.29, 0.717) is 12.1 Å². The van der Waals surface area contributed by atoms with Crippen LogP contribution >= 0.6 is 0 Å². The lowest BCUT2D eigenvalue weighted by Crippen LogP contribution is -2.44. The maximum absolute atomic E-state index is 4.39. The fraction of sp³-hybridized carbons (Fsp3) is 0.692. The largest absolute Gasteiger partial charge is 0.349 e. The number of nitrogens with zero attached hydrogens (tertiary/aromatic N) is 3. The van der Waals surface area contributed by atoms with Gasteiger partial charge in [0.25, 0.3) is 0 Å².